The maximum atomic E-state index is 12.8. The maximum Gasteiger partial charge on any atom is 0.306 e. The zero-order valence-corrected chi connectivity index (χ0v) is 41.3. The number of ether oxygens (including phenoxy) is 3. The molecule has 1 unspecified atom stereocenters. The summed E-state index contributed by atoms with van der Waals surface area (Å²) >= 11 is 0. The lowest BCUT2D eigenvalue weighted by molar-refractivity contribution is -0.167. The summed E-state index contributed by atoms with van der Waals surface area (Å²) in [5, 5.41) is 0. The van der Waals surface area contributed by atoms with E-state index in [9.17, 15) is 14.4 Å². The van der Waals surface area contributed by atoms with Gasteiger partial charge in [0, 0.05) is 19.3 Å². The molecule has 362 valence electrons. The summed E-state index contributed by atoms with van der Waals surface area (Å²) < 4.78 is 16.7. The summed E-state index contributed by atoms with van der Waals surface area (Å²) in [6.07, 6.45) is 69.3. The second-order valence-corrected chi connectivity index (χ2v) is 16.8. The Kier molecular flexibility index (Phi) is 48.5. The Bertz CT molecular complexity index is 1340. The number of unbranched alkanes of at least 4 members (excludes halogenated alkanes) is 19. The van der Waals surface area contributed by atoms with Crippen molar-refractivity contribution in [1.82, 2.24) is 0 Å². The van der Waals surface area contributed by atoms with Gasteiger partial charge in [-0.1, -0.05) is 214 Å². The van der Waals surface area contributed by atoms with Crippen LogP contribution >= 0.6 is 0 Å². The van der Waals surface area contributed by atoms with Crippen molar-refractivity contribution < 1.29 is 28.6 Å². The van der Waals surface area contributed by atoms with Gasteiger partial charge in [0.1, 0.15) is 13.2 Å². The first-order valence-electron chi connectivity index (χ1n) is 25.9. The van der Waals surface area contributed by atoms with Crippen LogP contribution in [-0.4, -0.2) is 37.2 Å². The normalized spacial score (nSPS) is 13.0. The molecule has 0 fully saturated rings. The summed E-state index contributed by atoms with van der Waals surface area (Å²) in [7, 11) is 0. The van der Waals surface area contributed by atoms with Gasteiger partial charge in [-0.3, -0.25) is 14.4 Å². The van der Waals surface area contributed by atoms with E-state index < -0.39 is 6.10 Å². The molecule has 0 spiro atoms. The van der Waals surface area contributed by atoms with E-state index in [4.69, 9.17) is 14.2 Å². The largest absolute Gasteiger partial charge is 0.462 e. The van der Waals surface area contributed by atoms with Gasteiger partial charge >= 0.3 is 17.9 Å². The molecule has 0 saturated heterocycles. The molecule has 6 nitrogen and oxygen atoms in total. The lowest BCUT2D eigenvalue weighted by atomic mass is 10.1. The molecule has 0 aliphatic rings. The molecule has 0 amide bonds. The van der Waals surface area contributed by atoms with Crippen molar-refractivity contribution in [2.45, 2.75) is 226 Å². The number of carbonyl (C=O) groups excluding carboxylic acids is 3. The molecule has 0 rings (SSSR count). The molecule has 0 heterocycles. The first-order chi connectivity index (χ1) is 31.5. The monoisotopic (exact) mass is 887 g/mol. The second kappa shape index (κ2) is 51.7. The van der Waals surface area contributed by atoms with Crippen molar-refractivity contribution in [3.05, 3.63) is 109 Å². The van der Waals surface area contributed by atoms with Crippen molar-refractivity contribution >= 4 is 17.9 Å². The minimum absolute atomic E-state index is 0.110. The smallest absolute Gasteiger partial charge is 0.306 e. The quantitative estimate of drug-likeness (QED) is 0.0199. The molecule has 64 heavy (non-hydrogen) atoms. The third-order valence-electron chi connectivity index (χ3n) is 10.6. The van der Waals surface area contributed by atoms with E-state index in [2.05, 4.69) is 106 Å². The molecule has 0 aromatic carbocycles. The molecule has 0 aliphatic heterocycles. The lowest BCUT2D eigenvalue weighted by Crippen LogP contribution is -2.30. The van der Waals surface area contributed by atoms with E-state index in [1.807, 2.05) is 24.3 Å². The van der Waals surface area contributed by atoms with Crippen LogP contribution in [0.15, 0.2) is 109 Å². The Hall–Kier alpha value is -3.93. The van der Waals surface area contributed by atoms with Crippen LogP contribution in [0.25, 0.3) is 0 Å². The number of hydrogen-bond donors (Lipinski definition) is 0. The first kappa shape index (κ1) is 60.1. The highest BCUT2D eigenvalue weighted by molar-refractivity contribution is 5.71. The van der Waals surface area contributed by atoms with Gasteiger partial charge in [-0.2, -0.15) is 0 Å². The van der Waals surface area contributed by atoms with E-state index in [1.54, 1.807) is 0 Å². The molecule has 0 aromatic rings. The molecule has 0 radical (unpaired) electrons. The molecular weight excluding hydrogens is 793 g/mol. The average Bonchev–Trinajstić information content (AvgIpc) is 3.29. The predicted molar refractivity (Wildman–Crippen MR) is 274 cm³/mol. The van der Waals surface area contributed by atoms with E-state index in [0.29, 0.717) is 12.8 Å². The van der Waals surface area contributed by atoms with Crippen LogP contribution in [0.3, 0.4) is 0 Å². The highest BCUT2D eigenvalue weighted by Crippen LogP contribution is 2.13. The molecule has 0 N–H and O–H groups in total. The van der Waals surface area contributed by atoms with Crippen molar-refractivity contribution in [3.63, 3.8) is 0 Å². The standard InChI is InChI=1S/C58H94O6/c1-4-7-10-13-16-19-22-25-28-29-31-33-36-39-42-45-48-51-57(60)63-54-55(53-62-56(59)50-47-44-41-38-35-32-27-24-21-18-15-12-9-6-3)64-58(61)52-49-46-43-40-37-34-30-26-23-20-17-14-11-8-5-2/h8-9,11-12,14,17-18,20-21,23,25-26,28,30-31,33,39,42,55H,4-7,10,13,15-16,19,22,24,27,29,32,34-38,40-41,43-54H2,1-3H3/b11-8-,12-9-,17-14-,21-18-,23-20-,28-25-,30-26-,33-31-,42-39-. The highest BCUT2D eigenvalue weighted by atomic mass is 16.6. The van der Waals surface area contributed by atoms with Crippen LogP contribution in [0, 0.1) is 0 Å². The molecule has 6 heteroatoms. The van der Waals surface area contributed by atoms with Gasteiger partial charge in [-0.25, -0.2) is 0 Å². The van der Waals surface area contributed by atoms with E-state index in [-0.39, 0.29) is 44.0 Å². The fourth-order valence-electron chi connectivity index (χ4n) is 6.74. The minimum atomic E-state index is -0.815. The highest BCUT2D eigenvalue weighted by Gasteiger charge is 2.19. The van der Waals surface area contributed by atoms with Gasteiger partial charge in [0.05, 0.1) is 0 Å². The molecule has 0 aromatic heterocycles. The van der Waals surface area contributed by atoms with Crippen LogP contribution in [-0.2, 0) is 28.6 Å². The summed E-state index contributed by atoms with van der Waals surface area (Å²) in [5.41, 5.74) is 0. The molecular formula is C58H94O6. The molecule has 0 aliphatic carbocycles. The zero-order chi connectivity index (χ0) is 46.5. The third-order valence-corrected chi connectivity index (χ3v) is 10.6. The summed E-state index contributed by atoms with van der Waals surface area (Å²) in [6, 6.07) is 0. The minimum Gasteiger partial charge on any atom is -0.462 e. The van der Waals surface area contributed by atoms with E-state index in [0.717, 1.165) is 103 Å². The third kappa shape index (κ3) is 49.1. The van der Waals surface area contributed by atoms with Gasteiger partial charge < -0.3 is 14.2 Å². The molecule has 0 saturated carbocycles. The average molecular weight is 887 g/mol. The second-order valence-electron chi connectivity index (χ2n) is 16.8. The molecule has 0 bridgehead atoms. The molecule has 1 atom stereocenters. The number of esters is 3. The fraction of sp³-hybridized carbons (Fsp3) is 0.638. The van der Waals surface area contributed by atoms with Gasteiger partial charge in [0.2, 0.25) is 0 Å². The van der Waals surface area contributed by atoms with Gasteiger partial charge in [-0.05, 0) is 96.3 Å². The van der Waals surface area contributed by atoms with Crippen molar-refractivity contribution in [3.8, 4) is 0 Å². The van der Waals surface area contributed by atoms with Crippen LogP contribution in [0.2, 0.25) is 0 Å². The Labute approximate surface area is 393 Å². The van der Waals surface area contributed by atoms with Gasteiger partial charge in [0.15, 0.2) is 6.10 Å². The summed E-state index contributed by atoms with van der Waals surface area (Å²) in [4.78, 5) is 38.0. The number of rotatable bonds is 45. The Morgan fingerprint density at radius 1 is 0.344 bits per heavy atom. The van der Waals surface area contributed by atoms with E-state index in [1.165, 1.54) is 70.6 Å². The van der Waals surface area contributed by atoms with E-state index >= 15 is 0 Å². The fourth-order valence-corrected chi connectivity index (χ4v) is 6.74. The first-order valence-corrected chi connectivity index (χ1v) is 25.9. The van der Waals surface area contributed by atoms with Crippen LogP contribution in [0.4, 0.5) is 0 Å². The van der Waals surface area contributed by atoms with Crippen LogP contribution in [0.1, 0.15) is 220 Å². The number of allylic oxidation sites excluding steroid dienone is 18. The maximum absolute atomic E-state index is 12.8. The summed E-state index contributed by atoms with van der Waals surface area (Å²) in [6.45, 7) is 6.30. The van der Waals surface area contributed by atoms with Gasteiger partial charge in [0.25, 0.3) is 0 Å². The topological polar surface area (TPSA) is 78.9 Å². The van der Waals surface area contributed by atoms with Crippen LogP contribution in [0.5, 0.6) is 0 Å². The van der Waals surface area contributed by atoms with Crippen LogP contribution < -0.4 is 0 Å². The number of hydrogen-bond acceptors (Lipinski definition) is 6. The Morgan fingerprint density at radius 3 is 1.20 bits per heavy atom. The van der Waals surface area contributed by atoms with Crippen molar-refractivity contribution in [2.75, 3.05) is 13.2 Å². The Morgan fingerprint density at radius 2 is 0.703 bits per heavy atom. The van der Waals surface area contributed by atoms with Gasteiger partial charge in [-0.15, -0.1) is 0 Å². The summed E-state index contributed by atoms with van der Waals surface area (Å²) in [5.74, 6) is -1.00. The number of carbonyl (C=O) groups is 3. The lowest BCUT2D eigenvalue weighted by Gasteiger charge is -2.18. The Balaban J connectivity index is 4.53. The SMILES string of the molecule is CC\C=C/C=C\C=C/C=C\CCCCCCCC(=O)OC(COC(=O)CCC/C=C\C/C=C\C/C=C\CCCCCCCC)COC(=O)CCCCCCCCC/C=C\C/C=C\CC. The zero-order valence-electron chi connectivity index (χ0n) is 41.3. The predicted octanol–water partition coefficient (Wildman–Crippen LogP) is 17.1. The van der Waals surface area contributed by atoms with Crippen molar-refractivity contribution in [1.29, 1.82) is 0 Å². The van der Waals surface area contributed by atoms with Crippen molar-refractivity contribution in [2.24, 2.45) is 0 Å².